The SMILES string of the molecule is CCCP1(=O)Cc2ccc(c(OC)c2)Nc2ncc(C(F)(F)F)c(n2)Nc2ccc(nc2C(=O)NC)-c2cnn(c2)CC2(CC2)CO1. The van der Waals surface area contributed by atoms with Crippen LogP contribution in [0.1, 0.15) is 47.8 Å². The summed E-state index contributed by atoms with van der Waals surface area (Å²) in [6.45, 7) is 2.81. The summed E-state index contributed by atoms with van der Waals surface area (Å²) in [6.07, 6.45) is 2.30. The quantitative estimate of drug-likeness (QED) is 0.203. The highest BCUT2D eigenvalue weighted by Crippen LogP contribution is 2.56. The lowest BCUT2D eigenvalue weighted by atomic mass is 10.1. The zero-order chi connectivity index (χ0) is 33.4. The first-order chi connectivity index (χ1) is 22.4. The van der Waals surface area contributed by atoms with Crippen LogP contribution in [0.15, 0.2) is 48.9 Å². The van der Waals surface area contributed by atoms with Crippen molar-refractivity contribution in [3.05, 3.63) is 65.7 Å². The molecule has 1 fully saturated rings. The van der Waals surface area contributed by atoms with Gasteiger partial charge in [-0.25, -0.2) is 9.97 Å². The number of ether oxygens (including phenoxy) is 1. The summed E-state index contributed by atoms with van der Waals surface area (Å²) in [7, 11) is -0.241. The topological polar surface area (TPSA) is 145 Å². The summed E-state index contributed by atoms with van der Waals surface area (Å²) in [6, 6.07) is 8.18. The number of amides is 1. The normalized spacial score (nSPS) is 18.9. The molecule has 12 nitrogen and oxygen atoms in total. The van der Waals surface area contributed by atoms with Crippen molar-refractivity contribution in [3.63, 3.8) is 0 Å². The van der Waals surface area contributed by atoms with Crippen LogP contribution < -0.4 is 20.7 Å². The zero-order valence-electron chi connectivity index (χ0n) is 26.0. The number of alkyl halides is 3. The molecule has 1 aliphatic carbocycles. The van der Waals surface area contributed by atoms with Gasteiger partial charge in [0, 0.05) is 49.3 Å². The van der Waals surface area contributed by atoms with Crippen LogP contribution in [0.25, 0.3) is 11.3 Å². The molecule has 8 bridgehead atoms. The second-order valence-corrected chi connectivity index (χ2v) is 14.5. The third-order valence-corrected chi connectivity index (χ3v) is 10.7. The van der Waals surface area contributed by atoms with Gasteiger partial charge < -0.3 is 25.2 Å². The number of methoxy groups -OCH3 is 1. The van der Waals surface area contributed by atoms with Gasteiger partial charge in [-0.3, -0.25) is 14.0 Å². The van der Waals surface area contributed by atoms with E-state index in [1.54, 1.807) is 41.3 Å². The van der Waals surface area contributed by atoms with Crippen molar-refractivity contribution in [2.75, 3.05) is 37.6 Å². The summed E-state index contributed by atoms with van der Waals surface area (Å²) >= 11 is 0. The molecule has 4 aromatic rings. The van der Waals surface area contributed by atoms with E-state index in [0.29, 0.717) is 54.6 Å². The number of aromatic nitrogens is 5. The molecule has 1 unspecified atom stereocenters. The zero-order valence-corrected chi connectivity index (χ0v) is 26.9. The lowest BCUT2D eigenvalue weighted by molar-refractivity contribution is -0.137. The lowest BCUT2D eigenvalue weighted by Crippen LogP contribution is -2.21. The summed E-state index contributed by atoms with van der Waals surface area (Å²) in [5.41, 5.74) is 0.608. The number of rotatable bonds is 4. The Hall–Kier alpha value is -4.49. The first-order valence-corrected chi connectivity index (χ1v) is 17.1. The average Bonchev–Trinajstić information content (AvgIpc) is 3.65. The van der Waals surface area contributed by atoms with E-state index in [2.05, 4.69) is 36.0 Å². The average molecular weight is 671 g/mol. The van der Waals surface area contributed by atoms with Gasteiger partial charge in [0.15, 0.2) is 5.69 Å². The summed E-state index contributed by atoms with van der Waals surface area (Å²) in [4.78, 5) is 25.4. The van der Waals surface area contributed by atoms with Crippen molar-refractivity contribution in [1.82, 2.24) is 30.0 Å². The molecule has 5 aliphatic rings. The van der Waals surface area contributed by atoms with E-state index in [0.717, 1.165) is 18.4 Å². The van der Waals surface area contributed by atoms with Crippen LogP contribution in [0.2, 0.25) is 0 Å². The molecule has 0 saturated heterocycles. The Bertz CT molecular complexity index is 1860. The van der Waals surface area contributed by atoms with Crippen LogP contribution in [0.3, 0.4) is 0 Å². The number of carbonyl (C=O) groups excluding carboxylic acids is 1. The number of carbonyl (C=O) groups is 1. The van der Waals surface area contributed by atoms with Crippen molar-refractivity contribution in [3.8, 4) is 17.0 Å². The van der Waals surface area contributed by atoms with E-state index >= 15 is 0 Å². The van der Waals surface area contributed by atoms with Gasteiger partial charge in [-0.2, -0.15) is 23.3 Å². The fraction of sp³-hybridized carbons (Fsp3) is 0.387. The Morgan fingerprint density at radius 2 is 1.94 bits per heavy atom. The number of pyridine rings is 1. The molecular weight excluding hydrogens is 636 g/mol. The standard InChI is InChI=1S/C31H34F3N8O4P/c1-4-11-47(44)16-19-5-6-23(25(12-19)45-3)40-29-36-14-21(31(32,33)34)27(41-29)39-24-8-7-22(38-26(24)28(43)35-2)20-13-37-42(15-20)17-30(9-10-30)18-46-47/h5-8,12-15H,4,9-11,16-18H2,1-3H3,(H,35,43)(H2,36,39,40,41). The van der Waals surface area contributed by atoms with Crippen molar-refractivity contribution >= 4 is 36.4 Å². The van der Waals surface area contributed by atoms with Gasteiger partial charge in [0.25, 0.3) is 5.91 Å². The molecule has 16 heteroatoms. The molecule has 248 valence electrons. The minimum absolute atomic E-state index is 0.00491. The van der Waals surface area contributed by atoms with Gasteiger partial charge in [0.2, 0.25) is 13.3 Å². The Balaban J connectivity index is 1.47. The van der Waals surface area contributed by atoms with Crippen LogP contribution >= 0.6 is 7.37 Å². The molecule has 0 radical (unpaired) electrons. The maximum atomic E-state index is 14.1. The Kier molecular flexibility index (Phi) is 8.70. The van der Waals surface area contributed by atoms with Crippen LogP contribution in [0.4, 0.5) is 36.3 Å². The number of nitrogens with zero attached hydrogens (tertiary/aromatic N) is 5. The molecule has 1 saturated carbocycles. The molecule has 7 heterocycles. The van der Waals surface area contributed by atoms with Gasteiger partial charge >= 0.3 is 6.18 Å². The third kappa shape index (κ3) is 7.10. The minimum atomic E-state index is -4.81. The number of hydrogen-bond acceptors (Lipinski definition) is 10. The summed E-state index contributed by atoms with van der Waals surface area (Å²) in [5.74, 6) is -1.03. The highest BCUT2D eigenvalue weighted by molar-refractivity contribution is 7.58. The Morgan fingerprint density at radius 1 is 1.15 bits per heavy atom. The number of benzene rings is 1. The summed E-state index contributed by atoms with van der Waals surface area (Å²) < 4.78 is 70.0. The lowest BCUT2D eigenvalue weighted by Gasteiger charge is -2.23. The Labute approximate surface area is 269 Å². The Morgan fingerprint density at radius 3 is 2.64 bits per heavy atom. The molecular formula is C31H34F3N8O4P. The number of nitrogens with one attached hydrogen (secondary N) is 3. The van der Waals surface area contributed by atoms with E-state index in [1.165, 1.54) is 20.2 Å². The maximum absolute atomic E-state index is 14.1. The van der Waals surface area contributed by atoms with Crippen molar-refractivity contribution < 1.29 is 31.8 Å². The predicted molar refractivity (Wildman–Crippen MR) is 170 cm³/mol. The monoisotopic (exact) mass is 670 g/mol. The molecule has 3 N–H and O–H groups in total. The van der Waals surface area contributed by atoms with Gasteiger partial charge in [0.1, 0.15) is 17.1 Å². The second kappa shape index (κ2) is 12.6. The van der Waals surface area contributed by atoms with Crippen LogP contribution in [-0.4, -0.2) is 57.6 Å². The predicted octanol–water partition coefficient (Wildman–Crippen LogP) is 6.61. The van der Waals surface area contributed by atoms with Gasteiger partial charge in [-0.15, -0.1) is 0 Å². The first-order valence-electron chi connectivity index (χ1n) is 15.1. The molecule has 1 amide bonds. The highest BCUT2D eigenvalue weighted by atomic mass is 31.2. The summed E-state index contributed by atoms with van der Waals surface area (Å²) in [5, 5.41) is 12.6. The van der Waals surface area contributed by atoms with Gasteiger partial charge in [-0.05, 0) is 49.1 Å². The van der Waals surface area contributed by atoms with Crippen molar-refractivity contribution in [1.29, 1.82) is 0 Å². The molecule has 4 aliphatic heterocycles. The molecule has 1 spiro atoms. The second-order valence-electron chi connectivity index (χ2n) is 11.8. The number of halogens is 3. The van der Waals surface area contributed by atoms with E-state index in [1.807, 2.05) is 6.92 Å². The molecule has 9 rings (SSSR count). The third-order valence-electron chi connectivity index (χ3n) is 8.17. The van der Waals surface area contributed by atoms with Gasteiger partial charge in [0.05, 0.1) is 37.0 Å². The minimum Gasteiger partial charge on any atom is -0.495 e. The van der Waals surface area contributed by atoms with Crippen LogP contribution in [0.5, 0.6) is 5.75 Å². The van der Waals surface area contributed by atoms with Crippen molar-refractivity contribution in [2.24, 2.45) is 5.41 Å². The largest absolute Gasteiger partial charge is 0.495 e. The van der Waals surface area contributed by atoms with E-state index < -0.39 is 30.8 Å². The number of hydrogen-bond donors (Lipinski definition) is 3. The molecule has 3 aromatic heterocycles. The maximum Gasteiger partial charge on any atom is 0.421 e. The first kappa shape index (κ1) is 32.5. The van der Waals surface area contributed by atoms with E-state index in [9.17, 15) is 22.5 Å². The highest BCUT2D eigenvalue weighted by Gasteiger charge is 2.45. The fourth-order valence-electron chi connectivity index (χ4n) is 5.46. The van der Waals surface area contributed by atoms with E-state index in [4.69, 9.17) is 9.26 Å². The smallest absolute Gasteiger partial charge is 0.421 e. The molecule has 47 heavy (non-hydrogen) atoms. The van der Waals surface area contributed by atoms with E-state index in [-0.39, 0.29) is 28.9 Å². The number of anilines is 4. The fourth-order valence-corrected chi connectivity index (χ4v) is 7.78. The van der Waals surface area contributed by atoms with Crippen LogP contribution in [-0.2, 0) is 28.0 Å². The van der Waals surface area contributed by atoms with Crippen molar-refractivity contribution in [2.45, 2.75) is 45.1 Å². The molecule has 1 aromatic carbocycles. The van der Waals surface area contributed by atoms with Crippen LogP contribution in [0, 0.1) is 5.41 Å². The molecule has 1 atom stereocenters. The van der Waals surface area contributed by atoms with Gasteiger partial charge in [-0.1, -0.05) is 13.0 Å².